The molecule has 1 aromatic heterocycles. The molecule has 7 nitrogen and oxygen atoms in total. The molecular weight excluding hydrogens is 330 g/mol. The van der Waals surface area contributed by atoms with Gasteiger partial charge < -0.3 is 15.1 Å². The van der Waals surface area contributed by atoms with Gasteiger partial charge >= 0.3 is 0 Å². The van der Waals surface area contributed by atoms with Crippen molar-refractivity contribution >= 4 is 17.8 Å². The molecule has 4 rings (SSSR count). The number of rotatable bonds is 4. The van der Waals surface area contributed by atoms with E-state index in [0.717, 1.165) is 25.9 Å². The molecule has 2 atom stereocenters. The maximum atomic E-state index is 13.0. The lowest BCUT2D eigenvalue weighted by atomic mass is 9.95. The smallest absolute Gasteiger partial charge is 0.225 e. The van der Waals surface area contributed by atoms with Gasteiger partial charge in [0.25, 0.3) is 0 Å². The average molecular weight is 357 g/mol. The number of carbonyl (C=O) groups is 2. The molecule has 0 spiro atoms. The number of aromatic nitrogens is 2. The lowest BCUT2D eigenvalue weighted by Crippen LogP contribution is -2.43. The van der Waals surface area contributed by atoms with Crippen molar-refractivity contribution in [2.75, 3.05) is 31.5 Å². The van der Waals surface area contributed by atoms with Crippen molar-refractivity contribution in [3.63, 3.8) is 0 Å². The summed E-state index contributed by atoms with van der Waals surface area (Å²) < 4.78 is 0. The number of nitrogens with one attached hydrogen (secondary N) is 1. The van der Waals surface area contributed by atoms with Crippen molar-refractivity contribution in [2.24, 2.45) is 17.8 Å². The largest absolute Gasteiger partial charge is 0.349 e. The summed E-state index contributed by atoms with van der Waals surface area (Å²) in [5.74, 6) is 2.27. The lowest BCUT2D eigenvalue weighted by molar-refractivity contribution is -0.139. The second-order valence-electron chi connectivity index (χ2n) is 7.85. The molecule has 3 heterocycles. The third-order valence-corrected chi connectivity index (χ3v) is 6.07. The molecule has 0 unspecified atom stereocenters. The zero-order chi connectivity index (χ0) is 18.1. The minimum Gasteiger partial charge on any atom is -0.349 e. The number of hydrogen-bond donors (Lipinski definition) is 1. The van der Waals surface area contributed by atoms with E-state index in [1.54, 1.807) is 25.4 Å². The Morgan fingerprint density at radius 2 is 1.73 bits per heavy atom. The third kappa shape index (κ3) is 3.66. The molecule has 0 aromatic carbocycles. The Hall–Kier alpha value is -2.18. The standard InChI is InChI=1S/C19H27N5O2/c1-13(25)23-9-5-15(6-10-23)18(26)24-11-16(14-3-4-14)17(12-24)22-19-20-7-2-8-21-19/h2,7-8,14-17H,3-6,9-12H2,1H3,(H,20,21,22)/t16-,17+/m0/s1. The van der Waals surface area contributed by atoms with Crippen LogP contribution in [0.4, 0.5) is 5.95 Å². The molecule has 1 saturated carbocycles. The highest BCUT2D eigenvalue weighted by molar-refractivity contribution is 5.80. The van der Waals surface area contributed by atoms with Gasteiger partial charge in [0.2, 0.25) is 17.8 Å². The lowest BCUT2D eigenvalue weighted by Gasteiger charge is -2.32. The first kappa shape index (κ1) is 17.2. The SMILES string of the molecule is CC(=O)N1CCC(C(=O)N2C[C@@H](Nc3ncccn3)[C@H](C3CC3)C2)CC1. The quantitative estimate of drug-likeness (QED) is 0.881. The van der Waals surface area contributed by atoms with E-state index in [0.29, 0.717) is 30.9 Å². The molecule has 2 amide bonds. The van der Waals surface area contributed by atoms with E-state index in [-0.39, 0.29) is 23.8 Å². The second-order valence-corrected chi connectivity index (χ2v) is 7.85. The molecule has 0 bridgehead atoms. The summed E-state index contributed by atoms with van der Waals surface area (Å²) >= 11 is 0. The summed E-state index contributed by atoms with van der Waals surface area (Å²) in [6.07, 6.45) is 7.56. The van der Waals surface area contributed by atoms with Crippen LogP contribution in [0.15, 0.2) is 18.5 Å². The topological polar surface area (TPSA) is 78.4 Å². The van der Waals surface area contributed by atoms with E-state index in [1.165, 1.54) is 12.8 Å². The summed E-state index contributed by atoms with van der Waals surface area (Å²) in [6, 6.07) is 2.03. The first-order valence-electron chi connectivity index (χ1n) is 9.69. The normalized spacial score (nSPS) is 26.8. The molecule has 1 aromatic rings. The molecule has 26 heavy (non-hydrogen) atoms. The Morgan fingerprint density at radius 1 is 1.04 bits per heavy atom. The number of amides is 2. The average Bonchev–Trinajstić information content (AvgIpc) is 3.43. The summed E-state index contributed by atoms with van der Waals surface area (Å²) in [7, 11) is 0. The van der Waals surface area contributed by atoms with Crippen LogP contribution in [0, 0.1) is 17.8 Å². The van der Waals surface area contributed by atoms with Gasteiger partial charge in [-0.25, -0.2) is 9.97 Å². The molecule has 7 heteroatoms. The van der Waals surface area contributed by atoms with Crippen LogP contribution < -0.4 is 5.32 Å². The maximum Gasteiger partial charge on any atom is 0.225 e. The van der Waals surface area contributed by atoms with Gasteiger partial charge in [0.05, 0.1) is 6.04 Å². The van der Waals surface area contributed by atoms with Gasteiger partial charge in [0, 0.05) is 57.3 Å². The van der Waals surface area contributed by atoms with Crippen molar-refractivity contribution in [1.82, 2.24) is 19.8 Å². The van der Waals surface area contributed by atoms with Crippen molar-refractivity contribution in [3.8, 4) is 0 Å². The molecule has 2 aliphatic heterocycles. The molecule has 2 saturated heterocycles. The minimum atomic E-state index is 0.0529. The van der Waals surface area contributed by atoms with Crippen LogP contribution in [0.1, 0.15) is 32.6 Å². The fraction of sp³-hybridized carbons (Fsp3) is 0.684. The first-order chi connectivity index (χ1) is 12.6. The Labute approximate surface area is 154 Å². The summed E-state index contributed by atoms with van der Waals surface area (Å²) in [6.45, 7) is 4.56. The second kappa shape index (κ2) is 7.21. The van der Waals surface area contributed by atoms with Crippen molar-refractivity contribution in [1.29, 1.82) is 0 Å². The van der Waals surface area contributed by atoms with Crippen LogP contribution in [-0.2, 0) is 9.59 Å². The van der Waals surface area contributed by atoms with Gasteiger partial charge in [-0.2, -0.15) is 0 Å². The van der Waals surface area contributed by atoms with Gasteiger partial charge in [-0.05, 0) is 37.7 Å². The van der Waals surface area contributed by atoms with Gasteiger partial charge in [0.1, 0.15) is 0 Å². The van der Waals surface area contributed by atoms with Crippen molar-refractivity contribution < 1.29 is 9.59 Å². The van der Waals surface area contributed by atoms with Crippen molar-refractivity contribution in [3.05, 3.63) is 18.5 Å². The summed E-state index contributed by atoms with van der Waals surface area (Å²) in [5.41, 5.74) is 0. The fourth-order valence-corrected chi connectivity index (χ4v) is 4.40. The summed E-state index contributed by atoms with van der Waals surface area (Å²) in [5, 5.41) is 3.45. The number of nitrogens with zero attached hydrogens (tertiary/aromatic N) is 4. The number of likely N-dealkylation sites (tertiary alicyclic amines) is 2. The van der Waals surface area contributed by atoms with E-state index in [4.69, 9.17) is 0 Å². The zero-order valence-corrected chi connectivity index (χ0v) is 15.3. The van der Waals surface area contributed by atoms with Crippen LogP contribution in [0.25, 0.3) is 0 Å². The number of anilines is 1. The van der Waals surface area contributed by atoms with Crippen LogP contribution in [-0.4, -0.2) is 63.8 Å². The zero-order valence-electron chi connectivity index (χ0n) is 15.3. The molecule has 140 valence electrons. The third-order valence-electron chi connectivity index (χ3n) is 6.07. The number of hydrogen-bond acceptors (Lipinski definition) is 5. The minimum absolute atomic E-state index is 0.0529. The predicted octanol–water partition coefficient (Wildman–Crippen LogP) is 1.38. The Bertz CT molecular complexity index is 655. The van der Waals surface area contributed by atoms with Crippen LogP contribution in [0.2, 0.25) is 0 Å². The van der Waals surface area contributed by atoms with Crippen LogP contribution in [0.3, 0.4) is 0 Å². The van der Waals surface area contributed by atoms with Gasteiger partial charge in [-0.3, -0.25) is 9.59 Å². The van der Waals surface area contributed by atoms with Gasteiger partial charge in [0.15, 0.2) is 0 Å². The fourth-order valence-electron chi connectivity index (χ4n) is 4.40. The Balaban J connectivity index is 1.38. The van der Waals surface area contributed by atoms with Gasteiger partial charge in [-0.15, -0.1) is 0 Å². The molecule has 3 aliphatic rings. The van der Waals surface area contributed by atoms with E-state index < -0.39 is 0 Å². The van der Waals surface area contributed by atoms with E-state index in [9.17, 15) is 9.59 Å². The van der Waals surface area contributed by atoms with Crippen LogP contribution in [0.5, 0.6) is 0 Å². The van der Waals surface area contributed by atoms with E-state index in [1.807, 2.05) is 9.80 Å². The predicted molar refractivity (Wildman–Crippen MR) is 97.2 cm³/mol. The highest BCUT2D eigenvalue weighted by Crippen LogP contribution is 2.42. The van der Waals surface area contributed by atoms with Crippen LogP contribution >= 0.6 is 0 Å². The monoisotopic (exact) mass is 357 g/mol. The summed E-state index contributed by atoms with van der Waals surface area (Å²) in [4.78, 5) is 37.0. The van der Waals surface area contributed by atoms with E-state index in [2.05, 4.69) is 15.3 Å². The highest BCUT2D eigenvalue weighted by Gasteiger charge is 2.45. The molecule has 1 N–H and O–H groups in total. The number of carbonyl (C=O) groups excluding carboxylic acids is 2. The molecule has 3 fully saturated rings. The maximum absolute atomic E-state index is 13.0. The van der Waals surface area contributed by atoms with E-state index >= 15 is 0 Å². The van der Waals surface area contributed by atoms with Gasteiger partial charge in [-0.1, -0.05) is 0 Å². The molecule has 1 aliphatic carbocycles. The molecule has 0 radical (unpaired) electrons. The first-order valence-corrected chi connectivity index (χ1v) is 9.69. The number of piperidine rings is 1. The van der Waals surface area contributed by atoms with Crippen molar-refractivity contribution in [2.45, 2.75) is 38.6 Å². The Morgan fingerprint density at radius 3 is 2.35 bits per heavy atom. The highest BCUT2D eigenvalue weighted by atomic mass is 16.2. The molecular formula is C19H27N5O2. The Kier molecular flexibility index (Phi) is 4.78.